The molecule has 5 nitrogen and oxygen atoms in total. The third-order valence-electron chi connectivity index (χ3n) is 3.77. The van der Waals surface area contributed by atoms with Crippen molar-refractivity contribution in [1.29, 1.82) is 0 Å². The zero-order valence-corrected chi connectivity index (χ0v) is 14.6. The molecular formula is C19H15N3O2S. The van der Waals surface area contributed by atoms with E-state index in [0.29, 0.717) is 22.7 Å². The number of nitrogens with zero attached hydrogens (tertiary/aromatic N) is 2. The number of aryl methyl sites for hydroxylation is 2. The average molecular weight is 349 g/mol. The number of hydrogen-bond acceptors (Lipinski definition) is 5. The van der Waals surface area contributed by atoms with Crippen LogP contribution in [0.5, 0.6) is 0 Å². The lowest BCUT2D eigenvalue weighted by Crippen LogP contribution is -2.11. The Kier molecular flexibility index (Phi) is 3.82. The lowest BCUT2D eigenvalue weighted by Gasteiger charge is -2.05. The Labute approximate surface area is 148 Å². The fourth-order valence-corrected chi connectivity index (χ4v) is 3.38. The van der Waals surface area contributed by atoms with Crippen molar-refractivity contribution < 1.29 is 9.21 Å². The van der Waals surface area contributed by atoms with Crippen molar-refractivity contribution in [1.82, 2.24) is 9.97 Å². The number of nitrogens with one attached hydrogen (secondary N) is 1. The SMILES string of the molecule is Cc1csc(-c2ccc(C(=O)Nc3ccc4nc(C)oc4c3)cc2)n1. The van der Waals surface area contributed by atoms with E-state index in [4.69, 9.17) is 4.42 Å². The van der Waals surface area contributed by atoms with Gasteiger partial charge in [0.25, 0.3) is 5.91 Å². The first-order valence-electron chi connectivity index (χ1n) is 7.79. The molecular weight excluding hydrogens is 334 g/mol. The van der Waals surface area contributed by atoms with E-state index < -0.39 is 0 Å². The van der Waals surface area contributed by atoms with Crippen LogP contribution in [0.3, 0.4) is 0 Å². The van der Waals surface area contributed by atoms with Crippen LogP contribution in [-0.4, -0.2) is 15.9 Å². The number of thiazole rings is 1. The van der Waals surface area contributed by atoms with E-state index in [-0.39, 0.29) is 5.91 Å². The fourth-order valence-electron chi connectivity index (χ4n) is 2.57. The van der Waals surface area contributed by atoms with Gasteiger partial charge in [0.05, 0.1) is 0 Å². The number of amides is 1. The maximum atomic E-state index is 12.4. The molecule has 0 aliphatic heterocycles. The van der Waals surface area contributed by atoms with Gasteiger partial charge in [0, 0.05) is 40.9 Å². The minimum absolute atomic E-state index is 0.169. The number of carbonyl (C=O) groups is 1. The van der Waals surface area contributed by atoms with E-state index in [1.165, 1.54) is 0 Å². The number of aromatic nitrogens is 2. The minimum atomic E-state index is -0.169. The minimum Gasteiger partial charge on any atom is -0.441 e. The van der Waals surface area contributed by atoms with Crippen molar-refractivity contribution in [3.05, 3.63) is 65.0 Å². The van der Waals surface area contributed by atoms with Gasteiger partial charge in [-0.05, 0) is 31.2 Å². The van der Waals surface area contributed by atoms with Gasteiger partial charge in [0.2, 0.25) is 0 Å². The third-order valence-corrected chi connectivity index (χ3v) is 4.78. The van der Waals surface area contributed by atoms with Gasteiger partial charge < -0.3 is 9.73 Å². The smallest absolute Gasteiger partial charge is 0.255 e. The maximum Gasteiger partial charge on any atom is 0.255 e. The van der Waals surface area contributed by atoms with E-state index in [0.717, 1.165) is 21.8 Å². The molecule has 6 heteroatoms. The molecule has 124 valence electrons. The second-order valence-electron chi connectivity index (χ2n) is 5.74. The predicted molar refractivity (Wildman–Crippen MR) is 99.0 cm³/mol. The Morgan fingerprint density at radius 3 is 2.60 bits per heavy atom. The molecule has 0 bridgehead atoms. The standard InChI is InChI=1S/C19H15N3O2S/c1-11-10-25-19(20-11)14-5-3-13(4-6-14)18(23)22-15-7-8-16-17(9-15)24-12(2)21-16/h3-10H,1-2H3,(H,22,23). The van der Waals surface area contributed by atoms with Crippen LogP contribution in [0, 0.1) is 13.8 Å². The first kappa shape index (κ1) is 15.5. The quantitative estimate of drug-likeness (QED) is 0.576. The van der Waals surface area contributed by atoms with Crippen molar-refractivity contribution in [2.45, 2.75) is 13.8 Å². The summed E-state index contributed by atoms with van der Waals surface area (Å²) in [6.07, 6.45) is 0. The van der Waals surface area contributed by atoms with E-state index >= 15 is 0 Å². The molecule has 25 heavy (non-hydrogen) atoms. The van der Waals surface area contributed by atoms with Crippen LogP contribution in [0.4, 0.5) is 5.69 Å². The van der Waals surface area contributed by atoms with Crippen LogP contribution in [0.15, 0.2) is 52.3 Å². The van der Waals surface area contributed by atoms with Gasteiger partial charge in [-0.2, -0.15) is 0 Å². The largest absolute Gasteiger partial charge is 0.441 e. The van der Waals surface area contributed by atoms with Crippen LogP contribution >= 0.6 is 11.3 Å². The van der Waals surface area contributed by atoms with Gasteiger partial charge in [-0.15, -0.1) is 11.3 Å². The summed E-state index contributed by atoms with van der Waals surface area (Å²) in [5.41, 5.74) is 4.70. The first-order chi connectivity index (χ1) is 12.1. The maximum absolute atomic E-state index is 12.4. The molecule has 2 aromatic carbocycles. The number of rotatable bonds is 3. The summed E-state index contributed by atoms with van der Waals surface area (Å²) in [5, 5.41) is 5.85. The van der Waals surface area contributed by atoms with Gasteiger partial charge in [0.1, 0.15) is 10.5 Å². The zero-order chi connectivity index (χ0) is 17.4. The summed E-state index contributed by atoms with van der Waals surface area (Å²) in [5.74, 6) is 0.434. The molecule has 0 aliphatic carbocycles. The molecule has 0 saturated carbocycles. The normalized spacial score (nSPS) is 11.0. The fraction of sp³-hybridized carbons (Fsp3) is 0.105. The zero-order valence-electron chi connectivity index (χ0n) is 13.7. The molecule has 1 N–H and O–H groups in total. The molecule has 2 heterocycles. The topological polar surface area (TPSA) is 68.0 Å². The number of fused-ring (bicyclic) bond motifs is 1. The third kappa shape index (κ3) is 3.16. The molecule has 0 fully saturated rings. The number of anilines is 1. The average Bonchev–Trinajstić information content (AvgIpc) is 3.19. The molecule has 4 aromatic rings. The second kappa shape index (κ2) is 6.14. The van der Waals surface area contributed by atoms with E-state index in [1.807, 2.05) is 36.6 Å². The Morgan fingerprint density at radius 2 is 1.88 bits per heavy atom. The molecule has 0 spiro atoms. The van der Waals surface area contributed by atoms with Crippen LogP contribution in [0.25, 0.3) is 21.7 Å². The van der Waals surface area contributed by atoms with Crippen molar-refractivity contribution in [3.63, 3.8) is 0 Å². The number of oxazole rings is 1. The molecule has 4 rings (SSSR count). The number of benzene rings is 2. The van der Waals surface area contributed by atoms with E-state index in [2.05, 4.69) is 15.3 Å². The highest BCUT2D eigenvalue weighted by Gasteiger charge is 2.10. The van der Waals surface area contributed by atoms with Crippen molar-refractivity contribution in [2.75, 3.05) is 5.32 Å². The molecule has 1 amide bonds. The summed E-state index contributed by atoms with van der Waals surface area (Å²) >= 11 is 1.59. The lowest BCUT2D eigenvalue weighted by molar-refractivity contribution is 0.102. The van der Waals surface area contributed by atoms with Crippen molar-refractivity contribution >= 4 is 34.0 Å². The Balaban J connectivity index is 1.53. The summed E-state index contributed by atoms with van der Waals surface area (Å²) in [7, 11) is 0. The highest BCUT2D eigenvalue weighted by Crippen LogP contribution is 2.24. The lowest BCUT2D eigenvalue weighted by atomic mass is 10.1. The molecule has 0 aliphatic rings. The van der Waals surface area contributed by atoms with Crippen molar-refractivity contribution in [3.8, 4) is 10.6 Å². The molecule has 0 atom stereocenters. The summed E-state index contributed by atoms with van der Waals surface area (Å²) < 4.78 is 5.49. The van der Waals surface area contributed by atoms with Crippen LogP contribution in [-0.2, 0) is 0 Å². The Bertz CT molecular complexity index is 1060. The van der Waals surface area contributed by atoms with Crippen molar-refractivity contribution in [2.24, 2.45) is 0 Å². The predicted octanol–water partition coefficient (Wildman–Crippen LogP) is 4.82. The highest BCUT2D eigenvalue weighted by atomic mass is 32.1. The van der Waals surface area contributed by atoms with Gasteiger partial charge in [-0.1, -0.05) is 12.1 Å². The molecule has 0 radical (unpaired) electrons. The van der Waals surface area contributed by atoms with Crippen LogP contribution in [0.1, 0.15) is 21.9 Å². The summed E-state index contributed by atoms with van der Waals surface area (Å²) in [6, 6.07) is 12.9. The Morgan fingerprint density at radius 1 is 1.08 bits per heavy atom. The first-order valence-corrected chi connectivity index (χ1v) is 8.67. The second-order valence-corrected chi connectivity index (χ2v) is 6.60. The van der Waals surface area contributed by atoms with E-state index in [1.54, 1.807) is 36.5 Å². The van der Waals surface area contributed by atoms with Gasteiger partial charge >= 0.3 is 0 Å². The van der Waals surface area contributed by atoms with Gasteiger partial charge in [-0.25, -0.2) is 9.97 Å². The Hall–Kier alpha value is -2.99. The monoisotopic (exact) mass is 349 g/mol. The summed E-state index contributed by atoms with van der Waals surface area (Å²) in [4.78, 5) is 21.1. The van der Waals surface area contributed by atoms with Gasteiger partial charge in [-0.3, -0.25) is 4.79 Å². The molecule has 0 unspecified atom stereocenters. The molecule has 2 aromatic heterocycles. The number of carbonyl (C=O) groups excluding carboxylic acids is 1. The van der Waals surface area contributed by atoms with Crippen LogP contribution in [0.2, 0.25) is 0 Å². The molecule has 0 saturated heterocycles. The highest BCUT2D eigenvalue weighted by molar-refractivity contribution is 7.13. The van der Waals surface area contributed by atoms with Crippen LogP contribution < -0.4 is 5.32 Å². The van der Waals surface area contributed by atoms with Gasteiger partial charge in [0.15, 0.2) is 11.5 Å². The van der Waals surface area contributed by atoms with E-state index in [9.17, 15) is 4.79 Å². The number of hydrogen-bond donors (Lipinski definition) is 1. The summed E-state index contributed by atoms with van der Waals surface area (Å²) in [6.45, 7) is 3.76.